The van der Waals surface area contributed by atoms with Crippen molar-refractivity contribution in [1.82, 2.24) is 15.6 Å². The molecule has 1 aromatic heterocycles. The van der Waals surface area contributed by atoms with Gasteiger partial charge in [-0.1, -0.05) is 6.08 Å². The monoisotopic (exact) mass is 238 g/mol. The van der Waals surface area contributed by atoms with Crippen molar-refractivity contribution in [2.45, 2.75) is 20.4 Å². The Morgan fingerprint density at radius 2 is 2.44 bits per heavy atom. The smallest absolute Gasteiger partial charge is 0.191 e. The summed E-state index contributed by atoms with van der Waals surface area (Å²) in [6, 6.07) is 0. The van der Waals surface area contributed by atoms with Crippen LogP contribution in [0, 0.1) is 6.92 Å². The summed E-state index contributed by atoms with van der Waals surface area (Å²) in [5.41, 5.74) is 0. The Kier molecular flexibility index (Phi) is 5.56. The molecule has 0 unspecified atom stereocenters. The summed E-state index contributed by atoms with van der Waals surface area (Å²) in [7, 11) is 0. The van der Waals surface area contributed by atoms with Crippen molar-refractivity contribution in [2.24, 2.45) is 4.99 Å². The van der Waals surface area contributed by atoms with Gasteiger partial charge in [-0.25, -0.2) is 9.98 Å². The van der Waals surface area contributed by atoms with Crippen LogP contribution in [0.1, 0.15) is 16.8 Å². The molecule has 88 valence electrons. The van der Waals surface area contributed by atoms with Gasteiger partial charge in [0.25, 0.3) is 0 Å². The fraction of sp³-hybridized carbons (Fsp3) is 0.455. The van der Waals surface area contributed by atoms with Crippen LogP contribution in [-0.2, 0) is 6.54 Å². The van der Waals surface area contributed by atoms with Crippen LogP contribution in [-0.4, -0.2) is 24.0 Å². The van der Waals surface area contributed by atoms with Crippen LogP contribution < -0.4 is 10.6 Å². The number of hydrogen-bond acceptors (Lipinski definition) is 3. The lowest BCUT2D eigenvalue weighted by atomic mass is 10.5. The van der Waals surface area contributed by atoms with Crippen LogP contribution in [0.25, 0.3) is 0 Å². The van der Waals surface area contributed by atoms with Crippen molar-refractivity contribution in [3.63, 3.8) is 0 Å². The maximum Gasteiger partial charge on any atom is 0.191 e. The fourth-order valence-corrected chi connectivity index (χ4v) is 1.87. The van der Waals surface area contributed by atoms with Gasteiger partial charge in [-0.05, 0) is 13.8 Å². The quantitative estimate of drug-likeness (QED) is 0.466. The molecule has 4 nitrogen and oxygen atoms in total. The zero-order valence-electron chi connectivity index (χ0n) is 9.79. The van der Waals surface area contributed by atoms with Gasteiger partial charge in [-0.3, -0.25) is 0 Å². The van der Waals surface area contributed by atoms with E-state index in [2.05, 4.69) is 27.2 Å². The number of thiazole rings is 1. The van der Waals surface area contributed by atoms with Gasteiger partial charge >= 0.3 is 0 Å². The number of hydrogen-bond donors (Lipinski definition) is 2. The van der Waals surface area contributed by atoms with Gasteiger partial charge in [0.1, 0.15) is 0 Å². The van der Waals surface area contributed by atoms with E-state index in [0.29, 0.717) is 13.1 Å². The highest BCUT2D eigenvalue weighted by atomic mass is 32.1. The summed E-state index contributed by atoms with van der Waals surface area (Å²) in [5.74, 6) is 0.813. The van der Waals surface area contributed by atoms with E-state index >= 15 is 0 Å². The third-order valence-electron chi connectivity index (χ3n) is 1.82. The molecule has 1 rings (SSSR count). The number of aromatic nitrogens is 1. The minimum atomic E-state index is 0.665. The van der Waals surface area contributed by atoms with Crippen molar-refractivity contribution < 1.29 is 0 Å². The summed E-state index contributed by atoms with van der Waals surface area (Å²) in [5, 5.41) is 7.40. The summed E-state index contributed by atoms with van der Waals surface area (Å²) in [6.07, 6.45) is 3.68. The normalized spacial score (nSPS) is 11.2. The number of guanidine groups is 1. The molecule has 0 radical (unpaired) electrons. The van der Waals surface area contributed by atoms with Crippen molar-refractivity contribution >= 4 is 17.3 Å². The van der Waals surface area contributed by atoms with Crippen molar-refractivity contribution in [3.05, 3.63) is 28.7 Å². The molecule has 1 heterocycles. The molecule has 0 aliphatic carbocycles. The Morgan fingerprint density at radius 1 is 1.62 bits per heavy atom. The van der Waals surface area contributed by atoms with Crippen molar-refractivity contribution in [3.8, 4) is 0 Å². The second-order valence-electron chi connectivity index (χ2n) is 3.21. The first-order valence-corrected chi connectivity index (χ1v) is 6.12. The Balaban J connectivity index is 2.52. The SMILES string of the molecule is C=CCNC(=NCc1cnc(C)s1)NCC. The standard InChI is InChI=1S/C11H18N4S/c1-4-6-13-11(12-5-2)15-8-10-7-14-9(3)16-10/h4,7H,1,5-6,8H2,2-3H3,(H2,12,13,15). The zero-order valence-corrected chi connectivity index (χ0v) is 10.6. The molecule has 16 heavy (non-hydrogen) atoms. The van der Waals surface area contributed by atoms with Crippen LogP contribution >= 0.6 is 11.3 Å². The highest BCUT2D eigenvalue weighted by Crippen LogP contribution is 2.12. The molecule has 0 saturated carbocycles. The maximum absolute atomic E-state index is 4.45. The van der Waals surface area contributed by atoms with Gasteiger partial charge in [0.05, 0.1) is 11.6 Å². The third-order valence-corrected chi connectivity index (χ3v) is 2.72. The third kappa shape index (κ3) is 4.44. The van der Waals surface area contributed by atoms with Crippen molar-refractivity contribution in [1.29, 1.82) is 0 Å². The summed E-state index contributed by atoms with van der Waals surface area (Å²) in [6.45, 7) is 9.94. The lowest BCUT2D eigenvalue weighted by molar-refractivity contribution is 0.862. The molecule has 2 N–H and O–H groups in total. The van der Waals surface area contributed by atoms with Crippen LogP contribution in [0.15, 0.2) is 23.8 Å². The van der Waals surface area contributed by atoms with Gasteiger partial charge in [0.2, 0.25) is 0 Å². The highest BCUT2D eigenvalue weighted by Gasteiger charge is 1.98. The first kappa shape index (κ1) is 12.7. The number of nitrogens with one attached hydrogen (secondary N) is 2. The van der Waals surface area contributed by atoms with E-state index in [1.807, 2.05) is 26.1 Å². The fourth-order valence-electron chi connectivity index (χ4n) is 1.15. The van der Waals surface area contributed by atoms with E-state index in [1.165, 1.54) is 4.88 Å². The molecule has 0 aliphatic rings. The van der Waals surface area contributed by atoms with Crippen LogP contribution in [0.3, 0.4) is 0 Å². The predicted octanol–water partition coefficient (Wildman–Crippen LogP) is 1.69. The largest absolute Gasteiger partial charge is 0.357 e. The molecular weight excluding hydrogens is 220 g/mol. The molecular formula is C11H18N4S. The number of rotatable bonds is 5. The van der Waals surface area contributed by atoms with E-state index in [1.54, 1.807) is 11.3 Å². The summed E-state index contributed by atoms with van der Waals surface area (Å²) < 4.78 is 0. The second kappa shape index (κ2) is 7.00. The van der Waals surface area contributed by atoms with Gasteiger partial charge in [0, 0.05) is 24.2 Å². The lowest BCUT2D eigenvalue weighted by Gasteiger charge is -2.08. The van der Waals surface area contributed by atoms with Gasteiger partial charge in [0.15, 0.2) is 5.96 Å². The highest BCUT2D eigenvalue weighted by molar-refractivity contribution is 7.11. The first-order chi connectivity index (χ1) is 7.76. The number of aryl methyl sites for hydroxylation is 1. The molecule has 0 bridgehead atoms. The molecule has 0 aliphatic heterocycles. The van der Waals surface area contributed by atoms with E-state index in [0.717, 1.165) is 17.5 Å². The molecule has 0 fully saturated rings. The van der Waals surface area contributed by atoms with Crippen molar-refractivity contribution in [2.75, 3.05) is 13.1 Å². The second-order valence-corrected chi connectivity index (χ2v) is 4.53. The molecule has 0 spiro atoms. The maximum atomic E-state index is 4.45. The average molecular weight is 238 g/mol. The first-order valence-electron chi connectivity index (χ1n) is 5.30. The van der Waals surface area contributed by atoms with Crippen LogP contribution in [0.5, 0.6) is 0 Å². The lowest BCUT2D eigenvalue weighted by Crippen LogP contribution is -2.37. The number of aliphatic imine (C=N–C) groups is 1. The zero-order chi connectivity index (χ0) is 11.8. The predicted molar refractivity (Wildman–Crippen MR) is 69.9 cm³/mol. The van der Waals surface area contributed by atoms with Gasteiger partial charge in [-0.2, -0.15) is 0 Å². The molecule has 5 heteroatoms. The molecule has 0 atom stereocenters. The minimum Gasteiger partial charge on any atom is -0.357 e. The summed E-state index contributed by atoms with van der Waals surface area (Å²) >= 11 is 1.68. The van der Waals surface area contributed by atoms with E-state index in [-0.39, 0.29) is 0 Å². The number of nitrogens with zero attached hydrogens (tertiary/aromatic N) is 2. The molecule has 0 saturated heterocycles. The van der Waals surface area contributed by atoms with Crippen LogP contribution in [0.2, 0.25) is 0 Å². The van der Waals surface area contributed by atoms with Gasteiger partial charge < -0.3 is 10.6 Å². The minimum absolute atomic E-state index is 0.665. The average Bonchev–Trinajstić information content (AvgIpc) is 2.68. The Labute approximate surface area is 101 Å². The van der Waals surface area contributed by atoms with E-state index in [4.69, 9.17) is 0 Å². The molecule has 1 aromatic rings. The topological polar surface area (TPSA) is 49.3 Å². The summed E-state index contributed by atoms with van der Waals surface area (Å²) in [4.78, 5) is 9.82. The Hall–Kier alpha value is -1.36. The van der Waals surface area contributed by atoms with E-state index in [9.17, 15) is 0 Å². The van der Waals surface area contributed by atoms with Crippen LogP contribution in [0.4, 0.5) is 0 Å². The molecule has 0 aromatic carbocycles. The Bertz CT molecular complexity index is 357. The van der Waals surface area contributed by atoms with Gasteiger partial charge in [-0.15, -0.1) is 17.9 Å². The van der Waals surface area contributed by atoms with E-state index < -0.39 is 0 Å². The molecule has 0 amide bonds. The Morgan fingerprint density at radius 3 is 3.00 bits per heavy atom.